The Kier molecular flexibility index (Phi) is 3.91. The Labute approximate surface area is 110 Å². The molecule has 3 nitrogen and oxygen atoms in total. The highest BCUT2D eigenvalue weighted by Crippen LogP contribution is 2.39. The number of aromatic nitrogens is 1. The van der Waals surface area contributed by atoms with Crippen LogP contribution in [-0.2, 0) is 0 Å². The zero-order valence-corrected chi connectivity index (χ0v) is 11.0. The molecule has 1 N–H and O–H groups in total. The van der Waals surface area contributed by atoms with Crippen LogP contribution in [0.15, 0.2) is 24.5 Å². The average molecular weight is 245 g/mol. The van der Waals surface area contributed by atoms with E-state index < -0.39 is 0 Å². The number of piperazine rings is 1. The summed E-state index contributed by atoms with van der Waals surface area (Å²) >= 11 is 0. The van der Waals surface area contributed by atoms with Gasteiger partial charge in [-0.2, -0.15) is 0 Å². The molecule has 1 atom stereocenters. The first-order valence-corrected chi connectivity index (χ1v) is 7.30. The van der Waals surface area contributed by atoms with E-state index in [1.165, 1.54) is 44.3 Å². The van der Waals surface area contributed by atoms with E-state index in [1.807, 2.05) is 6.20 Å². The third-order valence-corrected chi connectivity index (χ3v) is 4.42. The van der Waals surface area contributed by atoms with Crippen LogP contribution < -0.4 is 5.32 Å². The SMILES string of the molecule is c1cncc([C@H](C2CCCC2)N2CCNCC2)c1. The zero-order valence-electron chi connectivity index (χ0n) is 11.0. The van der Waals surface area contributed by atoms with E-state index in [9.17, 15) is 0 Å². The van der Waals surface area contributed by atoms with Crippen molar-refractivity contribution in [3.8, 4) is 0 Å². The highest BCUT2D eigenvalue weighted by molar-refractivity contribution is 5.16. The van der Waals surface area contributed by atoms with Gasteiger partial charge in [0.2, 0.25) is 0 Å². The summed E-state index contributed by atoms with van der Waals surface area (Å²) in [7, 11) is 0. The standard InChI is InChI=1S/C15H23N3/c1-2-5-13(4-1)15(14-6-3-7-17-12-14)18-10-8-16-9-11-18/h3,6-7,12-13,15-16H,1-2,4-5,8-11H2/t15-/m0/s1. The Bertz CT molecular complexity index is 353. The molecule has 3 rings (SSSR count). The van der Waals surface area contributed by atoms with Gasteiger partial charge in [0.25, 0.3) is 0 Å². The minimum Gasteiger partial charge on any atom is -0.314 e. The van der Waals surface area contributed by atoms with Crippen molar-refractivity contribution < 1.29 is 0 Å². The van der Waals surface area contributed by atoms with Crippen LogP contribution in [0.3, 0.4) is 0 Å². The summed E-state index contributed by atoms with van der Waals surface area (Å²) in [5.41, 5.74) is 1.42. The lowest BCUT2D eigenvalue weighted by atomic mass is 9.90. The van der Waals surface area contributed by atoms with Crippen LogP contribution in [0.2, 0.25) is 0 Å². The number of nitrogens with one attached hydrogen (secondary N) is 1. The second kappa shape index (κ2) is 5.81. The molecule has 18 heavy (non-hydrogen) atoms. The van der Waals surface area contributed by atoms with Gasteiger partial charge >= 0.3 is 0 Å². The minimum atomic E-state index is 0.600. The van der Waals surface area contributed by atoms with E-state index in [1.54, 1.807) is 0 Å². The summed E-state index contributed by atoms with van der Waals surface area (Å²) in [5.74, 6) is 0.840. The molecule has 2 fully saturated rings. The predicted molar refractivity (Wildman–Crippen MR) is 73.4 cm³/mol. The number of pyridine rings is 1. The van der Waals surface area contributed by atoms with Gasteiger partial charge in [-0.3, -0.25) is 9.88 Å². The molecular weight excluding hydrogens is 222 g/mol. The molecule has 3 heteroatoms. The summed E-state index contributed by atoms with van der Waals surface area (Å²) in [6, 6.07) is 4.95. The lowest BCUT2D eigenvalue weighted by molar-refractivity contribution is 0.125. The highest BCUT2D eigenvalue weighted by Gasteiger charge is 2.31. The van der Waals surface area contributed by atoms with E-state index >= 15 is 0 Å². The Hall–Kier alpha value is -0.930. The van der Waals surface area contributed by atoms with Crippen molar-refractivity contribution in [1.82, 2.24) is 15.2 Å². The number of rotatable bonds is 3. The molecule has 1 saturated heterocycles. The Morgan fingerprint density at radius 1 is 1.22 bits per heavy atom. The van der Waals surface area contributed by atoms with E-state index in [4.69, 9.17) is 0 Å². The van der Waals surface area contributed by atoms with Crippen molar-refractivity contribution in [1.29, 1.82) is 0 Å². The number of hydrogen-bond acceptors (Lipinski definition) is 3. The third-order valence-electron chi connectivity index (χ3n) is 4.42. The first-order chi connectivity index (χ1) is 8.95. The van der Waals surface area contributed by atoms with Gasteiger partial charge in [0.1, 0.15) is 0 Å². The normalized spacial score (nSPS) is 24.2. The highest BCUT2D eigenvalue weighted by atomic mass is 15.2. The molecule has 2 heterocycles. The van der Waals surface area contributed by atoms with E-state index in [0.717, 1.165) is 19.0 Å². The molecule has 98 valence electrons. The van der Waals surface area contributed by atoms with E-state index in [-0.39, 0.29) is 0 Å². The van der Waals surface area contributed by atoms with Crippen LogP contribution in [0.25, 0.3) is 0 Å². The molecule has 1 aromatic rings. The third kappa shape index (κ3) is 2.57. The van der Waals surface area contributed by atoms with Crippen molar-refractivity contribution >= 4 is 0 Å². The summed E-state index contributed by atoms with van der Waals surface area (Å²) < 4.78 is 0. The summed E-state index contributed by atoms with van der Waals surface area (Å²) in [5, 5.41) is 3.45. The molecule has 0 radical (unpaired) electrons. The fourth-order valence-electron chi connectivity index (χ4n) is 3.57. The Balaban J connectivity index is 1.82. The molecule has 0 spiro atoms. The summed E-state index contributed by atoms with van der Waals surface area (Å²) in [6.45, 7) is 4.61. The van der Waals surface area contributed by atoms with Gasteiger partial charge in [0.15, 0.2) is 0 Å². The zero-order chi connectivity index (χ0) is 12.2. The second-order valence-corrected chi connectivity index (χ2v) is 5.56. The van der Waals surface area contributed by atoms with Gasteiger partial charge in [-0.05, 0) is 30.4 Å². The van der Waals surface area contributed by atoms with Crippen LogP contribution >= 0.6 is 0 Å². The van der Waals surface area contributed by atoms with Crippen molar-refractivity contribution in [3.63, 3.8) is 0 Å². The van der Waals surface area contributed by atoms with E-state index in [2.05, 4.69) is 33.5 Å². The average Bonchev–Trinajstić information content (AvgIpc) is 2.95. The van der Waals surface area contributed by atoms with Crippen molar-refractivity contribution in [2.75, 3.05) is 26.2 Å². The molecule has 0 aromatic carbocycles. The topological polar surface area (TPSA) is 28.2 Å². The van der Waals surface area contributed by atoms with Crippen LogP contribution in [-0.4, -0.2) is 36.1 Å². The molecular formula is C15H23N3. The fourth-order valence-corrected chi connectivity index (χ4v) is 3.57. The maximum Gasteiger partial charge on any atom is 0.0392 e. The van der Waals surface area contributed by atoms with Crippen molar-refractivity contribution in [2.24, 2.45) is 5.92 Å². The van der Waals surface area contributed by atoms with Gasteiger partial charge in [-0.1, -0.05) is 18.9 Å². The van der Waals surface area contributed by atoms with Crippen molar-refractivity contribution in [2.45, 2.75) is 31.7 Å². The fraction of sp³-hybridized carbons (Fsp3) is 0.667. The monoisotopic (exact) mass is 245 g/mol. The van der Waals surface area contributed by atoms with Gasteiger partial charge in [-0.25, -0.2) is 0 Å². The lowest BCUT2D eigenvalue weighted by Gasteiger charge is -2.38. The quantitative estimate of drug-likeness (QED) is 0.885. The molecule has 1 aromatic heterocycles. The Morgan fingerprint density at radius 2 is 2.00 bits per heavy atom. The van der Waals surface area contributed by atoms with Gasteiger partial charge in [-0.15, -0.1) is 0 Å². The molecule has 1 aliphatic carbocycles. The number of nitrogens with zero attached hydrogens (tertiary/aromatic N) is 2. The molecule has 1 aliphatic heterocycles. The largest absolute Gasteiger partial charge is 0.314 e. The number of hydrogen-bond donors (Lipinski definition) is 1. The van der Waals surface area contributed by atoms with Gasteiger partial charge in [0.05, 0.1) is 0 Å². The minimum absolute atomic E-state index is 0.600. The van der Waals surface area contributed by atoms with Crippen LogP contribution in [0.5, 0.6) is 0 Å². The molecule has 0 amide bonds. The van der Waals surface area contributed by atoms with Gasteiger partial charge < -0.3 is 5.32 Å². The second-order valence-electron chi connectivity index (χ2n) is 5.56. The lowest BCUT2D eigenvalue weighted by Crippen LogP contribution is -2.46. The van der Waals surface area contributed by atoms with E-state index in [0.29, 0.717) is 6.04 Å². The van der Waals surface area contributed by atoms with Crippen LogP contribution in [0, 0.1) is 5.92 Å². The molecule has 0 unspecified atom stereocenters. The van der Waals surface area contributed by atoms with Crippen LogP contribution in [0.4, 0.5) is 0 Å². The Morgan fingerprint density at radius 3 is 2.67 bits per heavy atom. The van der Waals surface area contributed by atoms with Gasteiger partial charge in [0, 0.05) is 44.6 Å². The predicted octanol–water partition coefficient (Wildman–Crippen LogP) is 2.22. The maximum absolute atomic E-state index is 4.33. The summed E-state index contributed by atoms with van der Waals surface area (Å²) in [6.07, 6.45) is 9.56. The summed E-state index contributed by atoms with van der Waals surface area (Å²) in [4.78, 5) is 7.00. The maximum atomic E-state index is 4.33. The first kappa shape index (κ1) is 12.1. The smallest absolute Gasteiger partial charge is 0.0392 e. The molecule has 2 aliphatic rings. The molecule has 0 bridgehead atoms. The van der Waals surface area contributed by atoms with Crippen molar-refractivity contribution in [3.05, 3.63) is 30.1 Å². The first-order valence-electron chi connectivity index (χ1n) is 7.30. The van der Waals surface area contributed by atoms with Crippen LogP contribution in [0.1, 0.15) is 37.3 Å². The molecule has 1 saturated carbocycles.